The molecule has 1 spiro atoms. The van der Waals surface area contributed by atoms with Gasteiger partial charge in [0.15, 0.2) is 5.78 Å². The lowest BCUT2D eigenvalue weighted by Crippen LogP contribution is -2.47. The molecule has 1 aliphatic carbocycles. The Kier molecular flexibility index (Phi) is 3.69. The largest absolute Gasteiger partial charge is 0.444 e. The monoisotopic (exact) mass is 279 g/mol. The van der Waals surface area contributed by atoms with Crippen LogP contribution in [0.5, 0.6) is 0 Å². The first kappa shape index (κ1) is 15.1. The summed E-state index contributed by atoms with van der Waals surface area (Å²) in [6.45, 7) is 11.0. The van der Waals surface area contributed by atoms with E-state index in [1.54, 1.807) is 11.0 Å². The molecule has 4 nitrogen and oxygen atoms in total. The van der Waals surface area contributed by atoms with Gasteiger partial charge >= 0.3 is 6.09 Å². The lowest BCUT2D eigenvalue weighted by Gasteiger charge is -2.43. The van der Waals surface area contributed by atoms with Crippen LogP contribution in [0, 0.1) is 11.3 Å². The van der Waals surface area contributed by atoms with Crippen LogP contribution >= 0.6 is 0 Å². The number of carbonyl (C=O) groups excluding carboxylic acids is 2. The van der Waals surface area contributed by atoms with E-state index in [1.165, 1.54) is 5.57 Å². The fourth-order valence-corrected chi connectivity index (χ4v) is 3.34. The molecule has 1 fully saturated rings. The molecule has 1 unspecified atom stereocenters. The minimum absolute atomic E-state index is 0.0321. The van der Waals surface area contributed by atoms with Crippen LogP contribution < -0.4 is 0 Å². The molecule has 20 heavy (non-hydrogen) atoms. The van der Waals surface area contributed by atoms with Crippen molar-refractivity contribution in [3.05, 3.63) is 11.6 Å². The fourth-order valence-electron chi connectivity index (χ4n) is 3.34. The number of carbonyl (C=O) groups is 2. The number of ether oxygens (including phenoxy) is 1. The smallest absolute Gasteiger partial charge is 0.410 e. The van der Waals surface area contributed by atoms with Gasteiger partial charge in [-0.05, 0) is 46.6 Å². The zero-order valence-corrected chi connectivity index (χ0v) is 13.2. The average molecular weight is 279 g/mol. The lowest BCUT2D eigenvalue weighted by molar-refractivity contribution is -0.120. The molecule has 0 aromatic heterocycles. The number of piperidine rings is 1. The van der Waals surface area contributed by atoms with E-state index in [-0.39, 0.29) is 23.2 Å². The molecular formula is C16H25NO3. The van der Waals surface area contributed by atoms with Gasteiger partial charge in [0.25, 0.3) is 0 Å². The Hall–Kier alpha value is -1.32. The van der Waals surface area contributed by atoms with Crippen molar-refractivity contribution in [2.24, 2.45) is 11.3 Å². The van der Waals surface area contributed by atoms with E-state index in [0.29, 0.717) is 13.1 Å². The second-order valence-electron chi connectivity index (χ2n) is 7.07. The highest BCUT2D eigenvalue weighted by Crippen LogP contribution is 2.49. The molecule has 0 saturated carbocycles. The summed E-state index contributed by atoms with van der Waals surface area (Å²) >= 11 is 0. The van der Waals surface area contributed by atoms with Crippen molar-refractivity contribution in [1.29, 1.82) is 0 Å². The molecule has 0 aromatic carbocycles. The predicted octanol–water partition coefficient (Wildman–Crippen LogP) is 3.17. The SMILES string of the molecule is CC1=CC(=O)C(C)C12CCN(C(=O)OC(C)(C)C)CC2. The van der Waals surface area contributed by atoms with E-state index >= 15 is 0 Å². The molecule has 0 bridgehead atoms. The molecule has 1 atom stereocenters. The van der Waals surface area contributed by atoms with E-state index in [4.69, 9.17) is 4.74 Å². The molecule has 4 heteroatoms. The number of rotatable bonds is 0. The van der Waals surface area contributed by atoms with Crippen LogP contribution in [0.1, 0.15) is 47.5 Å². The third kappa shape index (κ3) is 2.60. The standard InChI is InChI=1S/C16H25NO3/c1-11-10-13(18)12(2)16(11)6-8-17(9-7-16)14(19)20-15(3,4)5/h10,12H,6-9H2,1-5H3. The van der Waals surface area contributed by atoms with Crippen LogP contribution in [-0.2, 0) is 9.53 Å². The number of amides is 1. The first-order valence-corrected chi connectivity index (χ1v) is 7.36. The molecule has 0 radical (unpaired) electrons. The summed E-state index contributed by atoms with van der Waals surface area (Å²) in [6.07, 6.45) is 3.24. The average Bonchev–Trinajstić information content (AvgIpc) is 2.53. The van der Waals surface area contributed by atoms with E-state index in [0.717, 1.165) is 12.8 Å². The van der Waals surface area contributed by atoms with Crippen LogP contribution in [0.3, 0.4) is 0 Å². The zero-order valence-electron chi connectivity index (χ0n) is 13.2. The molecule has 2 aliphatic rings. The molecular weight excluding hydrogens is 254 g/mol. The van der Waals surface area contributed by atoms with Gasteiger partial charge < -0.3 is 9.64 Å². The van der Waals surface area contributed by atoms with Crippen molar-refractivity contribution in [2.75, 3.05) is 13.1 Å². The maximum atomic E-state index is 12.1. The van der Waals surface area contributed by atoms with Gasteiger partial charge in [-0.25, -0.2) is 4.79 Å². The van der Waals surface area contributed by atoms with Crippen molar-refractivity contribution in [3.63, 3.8) is 0 Å². The van der Waals surface area contributed by atoms with E-state index in [2.05, 4.69) is 0 Å². The summed E-state index contributed by atoms with van der Waals surface area (Å²) in [5.74, 6) is 0.275. The normalized spacial score (nSPS) is 25.9. The van der Waals surface area contributed by atoms with Gasteiger partial charge in [0.05, 0.1) is 0 Å². The Morgan fingerprint density at radius 1 is 1.35 bits per heavy atom. The molecule has 1 heterocycles. The molecule has 2 rings (SSSR count). The van der Waals surface area contributed by atoms with Crippen LogP contribution in [0.25, 0.3) is 0 Å². The summed E-state index contributed by atoms with van der Waals surface area (Å²) in [6, 6.07) is 0. The van der Waals surface area contributed by atoms with Crippen LogP contribution in [-0.4, -0.2) is 35.5 Å². The second-order valence-corrected chi connectivity index (χ2v) is 7.07. The number of hydrogen-bond acceptors (Lipinski definition) is 3. The topological polar surface area (TPSA) is 46.6 Å². The summed E-state index contributed by atoms with van der Waals surface area (Å²) in [5, 5.41) is 0. The van der Waals surface area contributed by atoms with Gasteiger partial charge in [0.2, 0.25) is 0 Å². The molecule has 1 aliphatic heterocycles. The van der Waals surface area contributed by atoms with E-state index in [9.17, 15) is 9.59 Å². The number of hydrogen-bond donors (Lipinski definition) is 0. The Bertz CT molecular complexity index is 451. The molecule has 112 valence electrons. The molecule has 1 saturated heterocycles. The summed E-state index contributed by atoms with van der Waals surface area (Å²) in [4.78, 5) is 25.7. The van der Waals surface area contributed by atoms with Gasteiger partial charge in [-0.2, -0.15) is 0 Å². The minimum atomic E-state index is -0.460. The van der Waals surface area contributed by atoms with Crippen LogP contribution in [0.15, 0.2) is 11.6 Å². The van der Waals surface area contributed by atoms with E-state index in [1.807, 2.05) is 34.6 Å². The van der Waals surface area contributed by atoms with Gasteiger partial charge in [-0.15, -0.1) is 0 Å². The third-order valence-corrected chi connectivity index (χ3v) is 4.71. The van der Waals surface area contributed by atoms with Gasteiger partial charge in [0, 0.05) is 24.4 Å². The zero-order chi connectivity index (χ0) is 15.1. The lowest BCUT2D eigenvalue weighted by atomic mass is 9.68. The fraction of sp³-hybridized carbons (Fsp3) is 0.750. The van der Waals surface area contributed by atoms with E-state index < -0.39 is 5.60 Å². The Balaban J connectivity index is 2.01. The van der Waals surface area contributed by atoms with Crippen molar-refractivity contribution in [2.45, 2.75) is 53.1 Å². The van der Waals surface area contributed by atoms with Crippen LogP contribution in [0.2, 0.25) is 0 Å². The number of nitrogens with zero attached hydrogens (tertiary/aromatic N) is 1. The van der Waals surface area contributed by atoms with Crippen LogP contribution in [0.4, 0.5) is 4.79 Å². The summed E-state index contributed by atoms with van der Waals surface area (Å²) < 4.78 is 5.41. The number of allylic oxidation sites excluding steroid dienone is 2. The first-order chi connectivity index (χ1) is 9.16. The number of likely N-dealkylation sites (tertiary alicyclic amines) is 1. The first-order valence-electron chi connectivity index (χ1n) is 7.36. The highest BCUT2D eigenvalue weighted by Gasteiger charge is 2.47. The minimum Gasteiger partial charge on any atom is -0.444 e. The van der Waals surface area contributed by atoms with Crippen molar-refractivity contribution < 1.29 is 14.3 Å². The maximum absolute atomic E-state index is 12.1. The maximum Gasteiger partial charge on any atom is 0.410 e. The number of ketones is 1. The Morgan fingerprint density at radius 3 is 2.30 bits per heavy atom. The molecule has 0 N–H and O–H groups in total. The highest BCUT2D eigenvalue weighted by molar-refractivity contribution is 5.96. The molecule has 1 amide bonds. The van der Waals surface area contributed by atoms with Gasteiger partial charge in [-0.1, -0.05) is 12.5 Å². The van der Waals surface area contributed by atoms with Crippen molar-refractivity contribution >= 4 is 11.9 Å². The summed E-state index contributed by atoms with van der Waals surface area (Å²) in [5.41, 5.74) is 0.688. The third-order valence-electron chi connectivity index (χ3n) is 4.71. The van der Waals surface area contributed by atoms with Crippen molar-refractivity contribution in [3.8, 4) is 0 Å². The summed E-state index contributed by atoms with van der Waals surface area (Å²) in [7, 11) is 0. The predicted molar refractivity (Wildman–Crippen MR) is 77.4 cm³/mol. The van der Waals surface area contributed by atoms with Gasteiger partial charge in [0.1, 0.15) is 5.60 Å². The highest BCUT2D eigenvalue weighted by atomic mass is 16.6. The molecule has 0 aromatic rings. The Labute approximate surface area is 121 Å². The van der Waals surface area contributed by atoms with Crippen molar-refractivity contribution in [1.82, 2.24) is 4.90 Å². The Morgan fingerprint density at radius 2 is 1.90 bits per heavy atom. The van der Waals surface area contributed by atoms with Gasteiger partial charge in [-0.3, -0.25) is 4.79 Å². The second kappa shape index (κ2) is 4.90. The quantitative estimate of drug-likeness (QED) is 0.684.